The van der Waals surface area contributed by atoms with Crippen LogP contribution in [0.2, 0.25) is 10.0 Å². The molecule has 0 aliphatic carbocycles. The molecular weight excluding hydrogens is 267 g/mol. The lowest BCUT2D eigenvalue weighted by atomic mass is 10.0. The van der Waals surface area contributed by atoms with Gasteiger partial charge in [0.25, 0.3) is 0 Å². The fourth-order valence-electron chi connectivity index (χ4n) is 1.76. The molecule has 1 nitrogen and oxygen atoms in total. The second-order valence-corrected chi connectivity index (χ2v) is 4.87. The van der Waals surface area contributed by atoms with Crippen LogP contribution in [0, 0.1) is 0 Å². The molecule has 18 heavy (non-hydrogen) atoms. The zero-order valence-corrected chi connectivity index (χ0v) is 11.2. The third-order valence-electron chi connectivity index (χ3n) is 2.73. The van der Waals surface area contributed by atoms with Crippen LogP contribution in [-0.4, -0.2) is 5.78 Å². The lowest BCUT2D eigenvalue weighted by Gasteiger charge is -2.04. The predicted octanol–water partition coefficient (Wildman–Crippen LogP) is 4.81. The van der Waals surface area contributed by atoms with Crippen molar-refractivity contribution in [2.75, 3.05) is 0 Å². The number of Topliss-reactive ketones (excluding diaryl/α,β-unsaturated/α-hetero) is 1. The molecule has 2 rings (SSSR count). The number of aryl methyl sites for hydroxylation is 1. The maximum absolute atomic E-state index is 12.0. The van der Waals surface area contributed by atoms with Gasteiger partial charge >= 0.3 is 0 Å². The van der Waals surface area contributed by atoms with Crippen LogP contribution in [0.3, 0.4) is 0 Å². The van der Waals surface area contributed by atoms with Crippen molar-refractivity contribution < 1.29 is 4.79 Å². The van der Waals surface area contributed by atoms with E-state index in [1.807, 2.05) is 24.3 Å². The maximum Gasteiger partial charge on any atom is 0.163 e. The highest BCUT2D eigenvalue weighted by atomic mass is 35.5. The van der Waals surface area contributed by atoms with Crippen LogP contribution in [0.5, 0.6) is 0 Å². The number of ketones is 1. The summed E-state index contributed by atoms with van der Waals surface area (Å²) in [5, 5.41) is 1.29. The van der Waals surface area contributed by atoms with E-state index in [2.05, 4.69) is 0 Å². The van der Waals surface area contributed by atoms with Crippen molar-refractivity contribution in [1.82, 2.24) is 0 Å². The minimum Gasteiger partial charge on any atom is -0.294 e. The predicted molar refractivity (Wildman–Crippen MR) is 75.6 cm³/mol. The molecule has 3 heteroatoms. The van der Waals surface area contributed by atoms with E-state index >= 15 is 0 Å². The summed E-state index contributed by atoms with van der Waals surface area (Å²) in [6.07, 6.45) is 1.08. The van der Waals surface area contributed by atoms with Crippen molar-refractivity contribution in [3.63, 3.8) is 0 Å². The van der Waals surface area contributed by atoms with Crippen LogP contribution in [0.4, 0.5) is 0 Å². The fraction of sp³-hybridized carbons (Fsp3) is 0.133. The highest BCUT2D eigenvalue weighted by Crippen LogP contribution is 2.18. The Hall–Kier alpha value is -1.31. The minimum absolute atomic E-state index is 0.0809. The molecule has 92 valence electrons. The Bertz CT molecular complexity index is 564. The molecule has 0 saturated heterocycles. The first-order valence-electron chi connectivity index (χ1n) is 5.69. The summed E-state index contributed by atoms with van der Waals surface area (Å²) in [5.41, 5.74) is 1.64. The van der Waals surface area contributed by atoms with Gasteiger partial charge in [0.15, 0.2) is 5.78 Å². The summed E-state index contributed by atoms with van der Waals surface area (Å²) in [4.78, 5) is 12.0. The molecule has 0 radical (unpaired) electrons. The molecule has 0 aliphatic rings. The van der Waals surface area contributed by atoms with Gasteiger partial charge in [0.1, 0.15) is 0 Å². The van der Waals surface area contributed by atoms with Gasteiger partial charge in [-0.05, 0) is 30.2 Å². The topological polar surface area (TPSA) is 17.1 Å². The number of rotatable bonds is 4. The average molecular weight is 279 g/mol. The van der Waals surface area contributed by atoms with Crippen LogP contribution in [0.1, 0.15) is 22.3 Å². The van der Waals surface area contributed by atoms with Gasteiger partial charge in [0, 0.05) is 22.0 Å². The first-order chi connectivity index (χ1) is 8.66. The second kappa shape index (κ2) is 6.03. The molecule has 0 fully saturated rings. The van der Waals surface area contributed by atoms with E-state index in [0.29, 0.717) is 28.5 Å². The summed E-state index contributed by atoms with van der Waals surface area (Å²) in [7, 11) is 0. The van der Waals surface area contributed by atoms with Crippen LogP contribution >= 0.6 is 23.2 Å². The van der Waals surface area contributed by atoms with Gasteiger partial charge in [-0.15, -0.1) is 0 Å². The van der Waals surface area contributed by atoms with Crippen LogP contribution < -0.4 is 0 Å². The SMILES string of the molecule is O=C(CCc1ccccc1Cl)c1cccc(Cl)c1. The monoisotopic (exact) mass is 278 g/mol. The number of hydrogen-bond donors (Lipinski definition) is 0. The second-order valence-electron chi connectivity index (χ2n) is 4.02. The Kier molecular flexibility index (Phi) is 4.40. The molecule has 0 unspecified atom stereocenters. The van der Waals surface area contributed by atoms with Crippen molar-refractivity contribution in [3.05, 3.63) is 69.7 Å². The minimum atomic E-state index is 0.0809. The Morgan fingerprint density at radius 2 is 1.78 bits per heavy atom. The molecule has 0 saturated carbocycles. The normalized spacial score (nSPS) is 10.3. The number of hydrogen-bond acceptors (Lipinski definition) is 1. The Morgan fingerprint density at radius 3 is 2.50 bits per heavy atom. The Balaban J connectivity index is 2.03. The number of halogens is 2. The molecule has 2 aromatic rings. The fourth-order valence-corrected chi connectivity index (χ4v) is 2.18. The highest BCUT2D eigenvalue weighted by molar-refractivity contribution is 6.31. The van der Waals surface area contributed by atoms with Gasteiger partial charge in [-0.3, -0.25) is 4.79 Å². The average Bonchev–Trinajstić information content (AvgIpc) is 2.37. The Labute approximate surface area is 116 Å². The lowest BCUT2D eigenvalue weighted by Crippen LogP contribution is -2.01. The molecule has 0 atom stereocenters. The van der Waals surface area contributed by atoms with Crippen LogP contribution in [0.15, 0.2) is 48.5 Å². The molecule has 0 bridgehead atoms. The van der Waals surface area contributed by atoms with Crippen molar-refractivity contribution in [3.8, 4) is 0 Å². The summed E-state index contributed by atoms with van der Waals surface area (Å²) >= 11 is 11.9. The van der Waals surface area contributed by atoms with E-state index in [9.17, 15) is 4.79 Å². The van der Waals surface area contributed by atoms with Gasteiger partial charge in [-0.2, -0.15) is 0 Å². The summed E-state index contributed by atoms with van der Waals surface area (Å²) < 4.78 is 0. The number of carbonyl (C=O) groups is 1. The third kappa shape index (κ3) is 3.34. The molecule has 0 amide bonds. The van der Waals surface area contributed by atoms with E-state index in [-0.39, 0.29) is 5.78 Å². The van der Waals surface area contributed by atoms with Gasteiger partial charge in [-0.1, -0.05) is 53.5 Å². The van der Waals surface area contributed by atoms with E-state index in [4.69, 9.17) is 23.2 Å². The summed E-state index contributed by atoms with van der Waals surface area (Å²) in [6.45, 7) is 0. The molecule has 0 N–H and O–H groups in total. The quantitative estimate of drug-likeness (QED) is 0.734. The van der Waals surface area contributed by atoms with Crippen molar-refractivity contribution in [2.45, 2.75) is 12.8 Å². The van der Waals surface area contributed by atoms with E-state index in [1.165, 1.54) is 0 Å². The van der Waals surface area contributed by atoms with Crippen molar-refractivity contribution in [1.29, 1.82) is 0 Å². The number of carbonyl (C=O) groups excluding carboxylic acids is 1. The highest BCUT2D eigenvalue weighted by Gasteiger charge is 2.07. The van der Waals surface area contributed by atoms with Crippen LogP contribution in [0.25, 0.3) is 0 Å². The van der Waals surface area contributed by atoms with Gasteiger partial charge in [0.2, 0.25) is 0 Å². The summed E-state index contributed by atoms with van der Waals surface area (Å²) in [6, 6.07) is 14.6. The zero-order chi connectivity index (χ0) is 13.0. The van der Waals surface area contributed by atoms with Crippen molar-refractivity contribution in [2.24, 2.45) is 0 Å². The molecular formula is C15H12Cl2O. The molecule has 2 aromatic carbocycles. The Morgan fingerprint density at radius 1 is 1.00 bits per heavy atom. The lowest BCUT2D eigenvalue weighted by molar-refractivity contribution is 0.0983. The maximum atomic E-state index is 12.0. The molecule has 0 heterocycles. The van der Waals surface area contributed by atoms with E-state index in [1.54, 1.807) is 24.3 Å². The standard InChI is InChI=1S/C15H12Cl2O/c16-13-6-3-5-12(10-13)15(18)9-8-11-4-1-2-7-14(11)17/h1-7,10H,8-9H2. The van der Waals surface area contributed by atoms with Crippen molar-refractivity contribution >= 4 is 29.0 Å². The first kappa shape index (κ1) is 13.1. The van der Waals surface area contributed by atoms with Gasteiger partial charge in [-0.25, -0.2) is 0 Å². The van der Waals surface area contributed by atoms with E-state index < -0.39 is 0 Å². The van der Waals surface area contributed by atoms with Crippen LogP contribution in [-0.2, 0) is 6.42 Å². The molecule has 0 spiro atoms. The molecule has 0 aliphatic heterocycles. The smallest absolute Gasteiger partial charge is 0.163 e. The van der Waals surface area contributed by atoms with Gasteiger partial charge in [0.05, 0.1) is 0 Å². The summed E-state index contributed by atoms with van der Waals surface area (Å²) in [5.74, 6) is 0.0809. The van der Waals surface area contributed by atoms with Gasteiger partial charge < -0.3 is 0 Å². The largest absolute Gasteiger partial charge is 0.294 e. The number of benzene rings is 2. The van der Waals surface area contributed by atoms with E-state index in [0.717, 1.165) is 5.56 Å². The third-order valence-corrected chi connectivity index (χ3v) is 3.33. The molecule has 0 aromatic heterocycles. The first-order valence-corrected chi connectivity index (χ1v) is 6.44. The zero-order valence-electron chi connectivity index (χ0n) is 9.70.